The Morgan fingerprint density at radius 1 is 1.31 bits per heavy atom. The molecule has 0 bridgehead atoms. The highest BCUT2D eigenvalue weighted by molar-refractivity contribution is 7.90. The minimum absolute atomic E-state index is 0.211. The van der Waals surface area contributed by atoms with E-state index in [0.717, 1.165) is 23.7 Å². The third kappa shape index (κ3) is 5.73. The van der Waals surface area contributed by atoms with Gasteiger partial charge in [0, 0.05) is 6.26 Å². The second-order valence-corrected chi connectivity index (χ2v) is 9.15. The number of aryl methyl sites for hydroxylation is 1. The van der Waals surface area contributed by atoms with Gasteiger partial charge in [0.25, 0.3) is 0 Å². The molecule has 1 heterocycles. The summed E-state index contributed by atoms with van der Waals surface area (Å²) in [5.74, 6) is -1.38. The summed E-state index contributed by atoms with van der Waals surface area (Å²) in [5, 5.41) is 5.31. The molecular weight excluding hydrogens is 421 g/mol. The number of aromatic nitrogens is 1. The Morgan fingerprint density at radius 3 is 2.55 bits per heavy atom. The maximum atomic E-state index is 14.2. The van der Waals surface area contributed by atoms with Crippen LogP contribution in [0.4, 0.5) is 14.3 Å². The number of hydrogen-bond donors (Lipinski definition) is 2. The second kappa shape index (κ2) is 9.31. The summed E-state index contributed by atoms with van der Waals surface area (Å²) in [7, 11) is -3.67. The minimum Gasteiger partial charge on any atom is -0.464 e. The number of urea groups is 1. The molecule has 0 fully saturated rings. The van der Waals surface area contributed by atoms with Crippen molar-refractivity contribution in [2.45, 2.75) is 38.1 Å². The number of carbonyl (C=O) groups is 2. The maximum Gasteiger partial charge on any atom is 0.328 e. The van der Waals surface area contributed by atoms with Crippen molar-refractivity contribution in [2.24, 2.45) is 0 Å². The van der Waals surface area contributed by atoms with Crippen molar-refractivity contribution in [3.8, 4) is 10.4 Å². The number of ether oxygens (including phenoxy) is 1. The number of hydrogen-bond acceptors (Lipinski definition) is 7. The van der Waals surface area contributed by atoms with Gasteiger partial charge in [-0.25, -0.2) is 27.4 Å². The van der Waals surface area contributed by atoms with E-state index in [1.54, 1.807) is 20.8 Å². The molecular formula is C18H22FN3O5S2. The number of benzene rings is 1. The Morgan fingerprint density at radius 2 is 2.00 bits per heavy atom. The summed E-state index contributed by atoms with van der Waals surface area (Å²) >= 11 is 1.10. The summed E-state index contributed by atoms with van der Waals surface area (Å²) in [5.41, 5.74) is 0.977. The number of sulfone groups is 1. The van der Waals surface area contributed by atoms with Crippen LogP contribution in [0.5, 0.6) is 0 Å². The average Bonchev–Trinajstić information content (AvgIpc) is 2.98. The van der Waals surface area contributed by atoms with E-state index in [-0.39, 0.29) is 16.6 Å². The summed E-state index contributed by atoms with van der Waals surface area (Å²) < 4.78 is 42.2. The molecule has 0 aliphatic carbocycles. The van der Waals surface area contributed by atoms with Crippen LogP contribution in [0.25, 0.3) is 10.4 Å². The van der Waals surface area contributed by atoms with Crippen molar-refractivity contribution in [3.63, 3.8) is 0 Å². The van der Waals surface area contributed by atoms with Crippen LogP contribution < -0.4 is 10.6 Å². The normalized spacial score (nSPS) is 12.3. The fourth-order valence-corrected chi connectivity index (χ4v) is 4.21. The number of rotatable bonds is 7. The molecule has 1 unspecified atom stereocenters. The summed E-state index contributed by atoms with van der Waals surface area (Å²) in [6, 6.07) is 2.40. The number of thiazole rings is 1. The highest BCUT2D eigenvalue weighted by Gasteiger charge is 2.21. The van der Waals surface area contributed by atoms with E-state index >= 15 is 0 Å². The summed E-state index contributed by atoms with van der Waals surface area (Å²) in [6.07, 6.45) is 1.30. The highest BCUT2D eigenvalue weighted by atomic mass is 32.2. The maximum absolute atomic E-state index is 14.2. The Bertz CT molecular complexity index is 1020. The Balaban J connectivity index is 2.17. The van der Waals surface area contributed by atoms with Gasteiger partial charge in [-0.3, -0.25) is 5.32 Å². The Labute approximate surface area is 172 Å². The van der Waals surface area contributed by atoms with Crippen LogP contribution in [-0.4, -0.2) is 44.3 Å². The van der Waals surface area contributed by atoms with Gasteiger partial charge in [-0.15, -0.1) is 0 Å². The van der Waals surface area contributed by atoms with Gasteiger partial charge in [0.15, 0.2) is 15.0 Å². The van der Waals surface area contributed by atoms with Crippen LogP contribution in [0, 0.1) is 12.7 Å². The van der Waals surface area contributed by atoms with E-state index in [1.165, 1.54) is 12.1 Å². The van der Waals surface area contributed by atoms with Crippen LogP contribution in [0.15, 0.2) is 23.1 Å². The van der Waals surface area contributed by atoms with Crippen LogP contribution in [0.2, 0.25) is 0 Å². The molecule has 11 heteroatoms. The number of amides is 2. The highest BCUT2D eigenvalue weighted by Crippen LogP contribution is 2.34. The van der Waals surface area contributed by atoms with E-state index in [2.05, 4.69) is 15.6 Å². The standard InChI is InChI=1S/C18H22FN3O5S2/c1-5-13(16(23)27-6-2)21-17(24)22-18-20-10(3)15(28-18)11-7-8-14(12(19)9-11)29(4,25)26/h7-9,13H,5-6H2,1-4H3,(H2,20,21,22,24). The lowest BCUT2D eigenvalue weighted by Crippen LogP contribution is -2.43. The lowest BCUT2D eigenvalue weighted by molar-refractivity contribution is -0.145. The lowest BCUT2D eigenvalue weighted by Gasteiger charge is -2.15. The first kappa shape index (κ1) is 22.8. The van der Waals surface area contributed by atoms with E-state index in [4.69, 9.17) is 4.74 Å². The van der Waals surface area contributed by atoms with Gasteiger partial charge in [0.2, 0.25) is 0 Å². The molecule has 2 rings (SSSR count). The van der Waals surface area contributed by atoms with Crippen LogP contribution in [-0.2, 0) is 19.4 Å². The third-order valence-electron chi connectivity index (χ3n) is 3.90. The molecule has 0 saturated heterocycles. The van der Waals surface area contributed by atoms with E-state index in [1.807, 2.05) is 0 Å². The van der Waals surface area contributed by atoms with E-state index < -0.39 is 33.7 Å². The number of nitrogens with one attached hydrogen (secondary N) is 2. The Kier molecular flexibility index (Phi) is 7.31. The first-order valence-electron chi connectivity index (χ1n) is 8.78. The number of nitrogens with zero attached hydrogens (tertiary/aromatic N) is 1. The SMILES string of the molecule is CCOC(=O)C(CC)NC(=O)Nc1nc(C)c(-c2ccc(S(C)(=O)=O)c(F)c2)s1. The molecule has 2 N–H and O–H groups in total. The van der Waals surface area contributed by atoms with Gasteiger partial charge in [-0.1, -0.05) is 24.3 Å². The zero-order chi connectivity index (χ0) is 21.8. The van der Waals surface area contributed by atoms with Crippen molar-refractivity contribution in [1.29, 1.82) is 0 Å². The summed E-state index contributed by atoms with van der Waals surface area (Å²) in [6.45, 7) is 5.31. The molecule has 8 nitrogen and oxygen atoms in total. The van der Waals surface area contributed by atoms with Gasteiger partial charge in [0.05, 0.1) is 17.2 Å². The van der Waals surface area contributed by atoms with Crippen LogP contribution in [0.3, 0.4) is 0 Å². The molecule has 0 aliphatic rings. The molecule has 158 valence electrons. The predicted molar refractivity (Wildman–Crippen MR) is 108 cm³/mol. The van der Waals surface area contributed by atoms with E-state index in [9.17, 15) is 22.4 Å². The molecule has 1 atom stereocenters. The van der Waals surface area contributed by atoms with Gasteiger partial charge in [0.1, 0.15) is 16.8 Å². The number of carbonyl (C=O) groups excluding carboxylic acids is 2. The minimum atomic E-state index is -3.67. The number of halogens is 1. The van der Waals surface area contributed by atoms with Gasteiger partial charge < -0.3 is 10.1 Å². The first-order valence-corrected chi connectivity index (χ1v) is 11.5. The zero-order valence-electron chi connectivity index (χ0n) is 16.4. The molecule has 0 saturated carbocycles. The Hall–Kier alpha value is -2.53. The zero-order valence-corrected chi connectivity index (χ0v) is 18.0. The molecule has 0 radical (unpaired) electrons. The van der Waals surface area contributed by atoms with Gasteiger partial charge in [-0.05, 0) is 38.0 Å². The molecule has 1 aromatic carbocycles. The smallest absolute Gasteiger partial charge is 0.328 e. The van der Waals surface area contributed by atoms with Crippen molar-refractivity contribution < 1.29 is 27.1 Å². The van der Waals surface area contributed by atoms with E-state index in [0.29, 0.717) is 22.6 Å². The monoisotopic (exact) mass is 443 g/mol. The summed E-state index contributed by atoms with van der Waals surface area (Å²) in [4.78, 5) is 28.4. The predicted octanol–water partition coefficient (Wildman–Crippen LogP) is 3.12. The van der Waals surface area contributed by atoms with Crippen molar-refractivity contribution in [1.82, 2.24) is 10.3 Å². The fourth-order valence-electron chi connectivity index (χ4n) is 2.52. The quantitative estimate of drug-likeness (QED) is 0.636. The van der Waals surface area contributed by atoms with Gasteiger partial charge >= 0.3 is 12.0 Å². The van der Waals surface area contributed by atoms with Crippen molar-refractivity contribution in [2.75, 3.05) is 18.2 Å². The lowest BCUT2D eigenvalue weighted by atomic mass is 10.1. The number of anilines is 1. The van der Waals surface area contributed by atoms with Crippen molar-refractivity contribution >= 4 is 38.3 Å². The average molecular weight is 444 g/mol. The first-order chi connectivity index (χ1) is 13.6. The molecule has 1 aromatic heterocycles. The molecule has 2 amide bonds. The molecule has 0 aliphatic heterocycles. The largest absolute Gasteiger partial charge is 0.464 e. The van der Waals surface area contributed by atoms with Crippen LogP contribution >= 0.6 is 11.3 Å². The fraction of sp³-hybridized carbons (Fsp3) is 0.389. The molecule has 29 heavy (non-hydrogen) atoms. The molecule has 2 aromatic rings. The topological polar surface area (TPSA) is 114 Å². The third-order valence-corrected chi connectivity index (χ3v) is 6.15. The second-order valence-electron chi connectivity index (χ2n) is 6.16. The molecule has 0 spiro atoms. The van der Waals surface area contributed by atoms with Crippen LogP contribution in [0.1, 0.15) is 26.0 Å². The van der Waals surface area contributed by atoms with Crippen molar-refractivity contribution in [3.05, 3.63) is 29.7 Å². The number of esters is 1. The van der Waals surface area contributed by atoms with Gasteiger partial charge in [-0.2, -0.15) is 0 Å².